The number of amides is 1. The zero-order valence-electron chi connectivity index (χ0n) is 15.5. The second-order valence-electron chi connectivity index (χ2n) is 6.67. The number of nitrogens with one attached hydrogen (secondary N) is 1. The van der Waals surface area contributed by atoms with Gasteiger partial charge in [0, 0.05) is 11.1 Å². The van der Waals surface area contributed by atoms with Crippen LogP contribution in [-0.4, -0.2) is 20.7 Å². The molecule has 0 radical (unpaired) electrons. The lowest BCUT2D eigenvalue weighted by atomic mass is 10.0. The van der Waals surface area contributed by atoms with Crippen molar-refractivity contribution < 1.29 is 18.0 Å². The van der Waals surface area contributed by atoms with Crippen LogP contribution in [0.15, 0.2) is 42.0 Å². The molecule has 0 aliphatic carbocycles. The topological polar surface area (TPSA) is 59.8 Å². The SMILES string of the molecule is Cc1c(C(=O)NC(c2cccs2)C(C)C)cnn1-c1ccc(C(F)(F)F)cn1. The van der Waals surface area contributed by atoms with Crippen molar-refractivity contribution in [1.29, 1.82) is 0 Å². The maximum absolute atomic E-state index is 12.8. The van der Waals surface area contributed by atoms with Crippen molar-refractivity contribution in [2.24, 2.45) is 5.92 Å². The van der Waals surface area contributed by atoms with Gasteiger partial charge in [0.05, 0.1) is 29.1 Å². The van der Waals surface area contributed by atoms with Gasteiger partial charge in [0.15, 0.2) is 5.82 Å². The van der Waals surface area contributed by atoms with Crippen molar-refractivity contribution in [3.05, 3.63) is 63.7 Å². The molecule has 0 fully saturated rings. The molecule has 1 atom stereocenters. The van der Waals surface area contributed by atoms with Crippen molar-refractivity contribution in [3.63, 3.8) is 0 Å². The summed E-state index contributed by atoms with van der Waals surface area (Å²) in [6.07, 6.45) is -2.30. The van der Waals surface area contributed by atoms with Crippen LogP contribution in [0.2, 0.25) is 0 Å². The van der Waals surface area contributed by atoms with Crippen molar-refractivity contribution >= 4 is 17.2 Å². The second kappa shape index (κ2) is 7.75. The van der Waals surface area contributed by atoms with E-state index in [9.17, 15) is 18.0 Å². The Morgan fingerprint density at radius 3 is 2.50 bits per heavy atom. The Morgan fingerprint density at radius 1 is 1.21 bits per heavy atom. The van der Waals surface area contributed by atoms with Gasteiger partial charge in [0.1, 0.15) is 0 Å². The van der Waals surface area contributed by atoms with Crippen LogP contribution in [0.25, 0.3) is 5.82 Å². The lowest BCUT2D eigenvalue weighted by Gasteiger charge is -2.21. The van der Waals surface area contributed by atoms with Gasteiger partial charge < -0.3 is 5.32 Å². The number of alkyl halides is 3. The Balaban J connectivity index is 1.83. The van der Waals surface area contributed by atoms with Gasteiger partial charge in [-0.3, -0.25) is 4.79 Å². The van der Waals surface area contributed by atoms with E-state index in [1.807, 2.05) is 31.4 Å². The molecule has 0 saturated carbocycles. The Hall–Kier alpha value is -2.68. The molecule has 0 saturated heterocycles. The molecule has 3 heterocycles. The van der Waals surface area contributed by atoms with E-state index >= 15 is 0 Å². The summed E-state index contributed by atoms with van der Waals surface area (Å²) in [5, 5.41) is 9.10. The summed E-state index contributed by atoms with van der Waals surface area (Å²) in [5.74, 6) is 0.112. The predicted molar refractivity (Wildman–Crippen MR) is 100 cm³/mol. The van der Waals surface area contributed by atoms with E-state index in [1.165, 1.54) is 16.9 Å². The molecule has 9 heteroatoms. The molecule has 0 bridgehead atoms. The molecular formula is C19H19F3N4OS. The molecule has 0 aliphatic rings. The summed E-state index contributed by atoms with van der Waals surface area (Å²) in [6, 6.07) is 5.93. The van der Waals surface area contributed by atoms with E-state index in [1.54, 1.807) is 18.3 Å². The Morgan fingerprint density at radius 2 is 1.96 bits per heavy atom. The van der Waals surface area contributed by atoms with Crippen molar-refractivity contribution in [3.8, 4) is 5.82 Å². The van der Waals surface area contributed by atoms with E-state index in [-0.39, 0.29) is 23.7 Å². The largest absolute Gasteiger partial charge is 0.417 e. The zero-order chi connectivity index (χ0) is 20.5. The number of hydrogen-bond acceptors (Lipinski definition) is 4. The average Bonchev–Trinajstić information content (AvgIpc) is 3.28. The van der Waals surface area contributed by atoms with Gasteiger partial charge in [-0.15, -0.1) is 11.3 Å². The highest BCUT2D eigenvalue weighted by Gasteiger charge is 2.31. The number of rotatable bonds is 5. The fourth-order valence-electron chi connectivity index (χ4n) is 2.80. The molecule has 1 N–H and O–H groups in total. The maximum atomic E-state index is 12.8. The van der Waals surface area contributed by atoms with E-state index in [0.29, 0.717) is 11.3 Å². The second-order valence-corrected chi connectivity index (χ2v) is 7.65. The molecular weight excluding hydrogens is 389 g/mol. The molecule has 3 aromatic heterocycles. The first kappa shape index (κ1) is 20.1. The summed E-state index contributed by atoms with van der Waals surface area (Å²) in [6.45, 7) is 5.72. The molecule has 0 spiro atoms. The van der Waals surface area contributed by atoms with Crippen LogP contribution in [0.3, 0.4) is 0 Å². The van der Waals surface area contributed by atoms with Gasteiger partial charge in [-0.25, -0.2) is 9.67 Å². The van der Waals surface area contributed by atoms with Crippen molar-refractivity contribution in [1.82, 2.24) is 20.1 Å². The number of thiophene rings is 1. The minimum Gasteiger partial charge on any atom is -0.344 e. The van der Waals surface area contributed by atoms with Gasteiger partial charge in [0.2, 0.25) is 0 Å². The fourth-order valence-corrected chi connectivity index (χ4v) is 3.75. The Labute approximate surface area is 164 Å². The van der Waals surface area contributed by atoms with Gasteiger partial charge in [-0.2, -0.15) is 18.3 Å². The first-order valence-corrected chi connectivity index (χ1v) is 9.49. The average molecular weight is 408 g/mol. The smallest absolute Gasteiger partial charge is 0.344 e. The van der Waals surface area contributed by atoms with Gasteiger partial charge in [0.25, 0.3) is 5.91 Å². The minimum atomic E-state index is -4.45. The third-order valence-corrected chi connectivity index (χ3v) is 5.30. The summed E-state index contributed by atoms with van der Waals surface area (Å²) in [7, 11) is 0. The lowest BCUT2D eigenvalue weighted by Crippen LogP contribution is -2.31. The van der Waals surface area contributed by atoms with Crippen LogP contribution in [0.1, 0.15) is 46.4 Å². The minimum absolute atomic E-state index is 0.139. The van der Waals surface area contributed by atoms with E-state index < -0.39 is 11.7 Å². The maximum Gasteiger partial charge on any atom is 0.417 e. The number of nitrogens with zero attached hydrogens (tertiary/aromatic N) is 3. The molecule has 28 heavy (non-hydrogen) atoms. The first-order valence-electron chi connectivity index (χ1n) is 8.61. The molecule has 3 rings (SSSR count). The zero-order valence-corrected chi connectivity index (χ0v) is 16.3. The van der Waals surface area contributed by atoms with E-state index in [4.69, 9.17) is 0 Å². The molecule has 1 amide bonds. The van der Waals surface area contributed by atoms with E-state index in [0.717, 1.165) is 17.1 Å². The Bertz CT molecular complexity index is 947. The van der Waals surface area contributed by atoms with E-state index in [2.05, 4.69) is 15.4 Å². The van der Waals surface area contributed by atoms with Gasteiger partial charge >= 0.3 is 6.18 Å². The lowest BCUT2D eigenvalue weighted by molar-refractivity contribution is -0.137. The van der Waals surface area contributed by atoms with Crippen LogP contribution in [0, 0.1) is 12.8 Å². The molecule has 5 nitrogen and oxygen atoms in total. The number of halogens is 3. The predicted octanol–water partition coefficient (Wildman–Crippen LogP) is 4.78. The fraction of sp³-hybridized carbons (Fsp3) is 0.316. The van der Waals surface area contributed by atoms with Crippen LogP contribution in [0.4, 0.5) is 13.2 Å². The highest BCUT2D eigenvalue weighted by molar-refractivity contribution is 7.10. The Kier molecular flexibility index (Phi) is 5.55. The van der Waals surface area contributed by atoms with Crippen LogP contribution >= 0.6 is 11.3 Å². The van der Waals surface area contributed by atoms with Crippen molar-refractivity contribution in [2.45, 2.75) is 33.0 Å². The summed E-state index contributed by atoms with van der Waals surface area (Å²) in [4.78, 5) is 17.7. The molecule has 0 aliphatic heterocycles. The van der Waals surface area contributed by atoms with Crippen LogP contribution < -0.4 is 5.32 Å². The number of pyridine rings is 1. The normalized spacial score (nSPS) is 13.0. The highest BCUT2D eigenvalue weighted by Crippen LogP contribution is 2.29. The first-order chi connectivity index (χ1) is 13.2. The molecule has 3 aromatic rings. The number of carbonyl (C=O) groups is 1. The van der Waals surface area contributed by atoms with Crippen LogP contribution in [0.5, 0.6) is 0 Å². The summed E-state index contributed by atoms with van der Waals surface area (Å²) in [5.41, 5.74) is 0.0112. The molecule has 148 valence electrons. The summed E-state index contributed by atoms with van der Waals surface area (Å²) >= 11 is 1.57. The standard InChI is InChI=1S/C19H19F3N4OS/c1-11(2)17(15-5-4-8-28-15)25-18(27)14-10-24-26(12(14)3)16-7-6-13(9-23-16)19(20,21)22/h4-11,17H,1-3H3,(H,25,27). The quantitative estimate of drug-likeness (QED) is 0.661. The third kappa shape index (κ3) is 4.09. The van der Waals surface area contributed by atoms with Crippen LogP contribution in [-0.2, 0) is 6.18 Å². The third-order valence-electron chi connectivity index (χ3n) is 4.35. The number of carbonyl (C=O) groups excluding carboxylic acids is 1. The van der Waals surface area contributed by atoms with Gasteiger partial charge in [-0.05, 0) is 36.4 Å². The van der Waals surface area contributed by atoms with Gasteiger partial charge in [-0.1, -0.05) is 19.9 Å². The highest BCUT2D eigenvalue weighted by atomic mass is 32.1. The number of hydrogen-bond donors (Lipinski definition) is 1. The monoisotopic (exact) mass is 408 g/mol. The molecule has 1 unspecified atom stereocenters. The molecule has 0 aromatic carbocycles. The summed E-state index contributed by atoms with van der Waals surface area (Å²) < 4.78 is 39.5. The van der Waals surface area contributed by atoms with Crippen molar-refractivity contribution in [2.75, 3.05) is 0 Å². The number of aromatic nitrogens is 3.